The largest absolute Gasteiger partial charge is 0.479 e. The summed E-state index contributed by atoms with van der Waals surface area (Å²) in [4.78, 5) is 1.98. The van der Waals surface area contributed by atoms with Crippen molar-refractivity contribution in [1.82, 2.24) is 9.91 Å². The van der Waals surface area contributed by atoms with Crippen molar-refractivity contribution >= 4 is 0 Å². The molecule has 0 atom stereocenters. The molecule has 0 spiro atoms. The number of aliphatic hydroxyl groups excluding tert-OH is 1. The third kappa shape index (κ3) is 8.14. The minimum absolute atomic E-state index is 0.0369. The Morgan fingerprint density at radius 3 is 2.30 bits per heavy atom. The molecule has 0 bridgehead atoms. The van der Waals surface area contributed by atoms with Crippen LogP contribution in [0.5, 0.6) is 0 Å². The summed E-state index contributed by atoms with van der Waals surface area (Å²) in [5.74, 6) is 5.67. The van der Waals surface area contributed by atoms with Gasteiger partial charge in [-0.05, 0) is 43.5 Å². The Kier molecular flexibility index (Phi) is 13.4. The lowest BCUT2D eigenvalue weighted by Crippen LogP contribution is -2.33. The smallest absolute Gasteiger partial charge is 0.189 e. The molecule has 1 aliphatic heterocycles. The fraction of sp³-hybridized carbons (Fsp3) is 0.455. The van der Waals surface area contributed by atoms with Gasteiger partial charge >= 0.3 is 0 Å². The Labute approximate surface area is 179 Å². The van der Waals surface area contributed by atoms with Crippen LogP contribution < -0.4 is 11.6 Å². The summed E-state index contributed by atoms with van der Waals surface area (Å²) >= 11 is 0. The van der Waals surface area contributed by atoms with E-state index < -0.39 is 11.6 Å². The molecule has 0 saturated heterocycles. The number of likely N-dealkylation sites (N-methyl/N-ethyl adjacent to an activating group) is 2. The number of benzene rings is 1. The van der Waals surface area contributed by atoms with Crippen LogP contribution in [0.3, 0.4) is 0 Å². The highest BCUT2D eigenvalue weighted by molar-refractivity contribution is 5.43. The molecule has 8 heteroatoms. The van der Waals surface area contributed by atoms with E-state index in [-0.39, 0.29) is 18.7 Å². The van der Waals surface area contributed by atoms with E-state index >= 15 is 0 Å². The molecule has 0 saturated carbocycles. The number of hydrazine groups is 1. The first-order valence-electron chi connectivity index (χ1n) is 9.94. The van der Waals surface area contributed by atoms with E-state index in [1.54, 1.807) is 13.1 Å². The van der Waals surface area contributed by atoms with Crippen molar-refractivity contribution in [2.75, 3.05) is 34.0 Å². The van der Waals surface area contributed by atoms with Gasteiger partial charge in [0.1, 0.15) is 11.6 Å². The molecule has 0 aromatic heterocycles. The number of nitrogens with two attached hydrogens (primary N) is 2. The van der Waals surface area contributed by atoms with Crippen LogP contribution in [0, 0.1) is 11.6 Å². The van der Waals surface area contributed by atoms with E-state index in [1.807, 2.05) is 45.7 Å². The first-order valence-corrected chi connectivity index (χ1v) is 9.94. The van der Waals surface area contributed by atoms with Gasteiger partial charge in [0.2, 0.25) is 0 Å². The van der Waals surface area contributed by atoms with Gasteiger partial charge in [0.25, 0.3) is 0 Å². The van der Waals surface area contributed by atoms with Crippen molar-refractivity contribution in [3.05, 3.63) is 70.3 Å². The quantitative estimate of drug-likeness (QED) is 0.368. The van der Waals surface area contributed by atoms with Crippen LogP contribution >= 0.6 is 0 Å². The van der Waals surface area contributed by atoms with Crippen molar-refractivity contribution in [3.63, 3.8) is 0 Å². The van der Waals surface area contributed by atoms with E-state index in [0.29, 0.717) is 13.2 Å². The van der Waals surface area contributed by atoms with Crippen molar-refractivity contribution in [2.45, 2.75) is 34.1 Å². The van der Waals surface area contributed by atoms with Crippen molar-refractivity contribution < 1.29 is 18.6 Å². The summed E-state index contributed by atoms with van der Waals surface area (Å²) in [6.07, 6.45) is 3.83. The fourth-order valence-corrected chi connectivity index (χ4v) is 2.81. The van der Waals surface area contributed by atoms with Gasteiger partial charge in [0, 0.05) is 32.3 Å². The van der Waals surface area contributed by atoms with Crippen LogP contribution in [0.15, 0.2) is 53.1 Å². The van der Waals surface area contributed by atoms with E-state index in [2.05, 4.69) is 5.73 Å². The van der Waals surface area contributed by atoms with E-state index in [4.69, 9.17) is 15.7 Å². The maximum absolute atomic E-state index is 13.9. The summed E-state index contributed by atoms with van der Waals surface area (Å²) < 4.78 is 33.3. The summed E-state index contributed by atoms with van der Waals surface area (Å²) in [6, 6.07) is 3.87. The summed E-state index contributed by atoms with van der Waals surface area (Å²) in [6.45, 7) is 8.85. The third-order valence-corrected chi connectivity index (χ3v) is 4.13. The van der Waals surface area contributed by atoms with Crippen LogP contribution in [0.1, 0.15) is 33.3 Å². The van der Waals surface area contributed by atoms with Gasteiger partial charge in [-0.2, -0.15) is 0 Å². The van der Waals surface area contributed by atoms with Gasteiger partial charge in [-0.3, -0.25) is 0 Å². The Hall–Kier alpha value is -2.42. The van der Waals surface area contributed by atoms with Gasteiger partial charge in [-0.1, -0.05) is 26.0 Å². The number of allylic oxidation sites excluding steroid dienone is 3. The zero-order valence-electron chi connectivity index (χ0n) is 18.9. The second-order valence-corrected chi connectivity index (χ2v) is 6.22. The minimum Gasteiger partial charge on any atom is -0.479 e. The lowest BCUT2D eigenvalue weighted by Gasteiger charge is -2.31. The zero-order valence-corrected chi connectivity index (χ0v) is 18.9. The Morgan fingerprint density at radius 2 is 1.83 bits per heavy atom. The number of nitrogens with zero attached hydrogens (tertiary/aromatic N) is 2. The van der Waals surface area contributed by atoms with Crippen molar-refractivity contribution in [3.8, 4) is 0 Å². The molecule has 1 aliphatic rings. The third-order valence-electron chi connectivity index (χ3n) is 4.13. The molecule has 170 valence electrons. The molecule has 0 fully saturated rings. The molecule has 5 N–H and O–H groups in total. The second-order valence-electron chi connectivity index (χ2n) is 6.22. The van der Waals surface area contributed by atoms with E-state index in [9.17, 15) is 8.78 Å². The van der Waals surface area contributed by atoms with Crippen LogP contribution in [-0.4, -0.2) is 49.0 Å². The molecule has 2 rings (SSSR count). The average molecular weight is 427 g/mol. The van der Waals surface area contributed by atoms with Crippen molar-refractivity contribution in [2.24, 2.45) is 11.6 Å². The predicted molar refractivity (Wildman–Crippen MR) is 118 cm³/mol. The summed E-state index contributed by atoms with van der Waals surface area (Å²) in [5.41, 5.74) is 7.18. The molecule has 6 nitrogen and oxygen atoms in total. The van der Waals surface area contributed by atoms with Crippen molar-refractivity contribution in [1.29, 1.82) is 0 Å². The Morgan fingerprint density at radius 1 is 1.30 bits per heavy atom. The molecular weight excluding hydrogens is 390 g/mol. The molecule has 30 heavy (non-hydrogen) atoms. The second kappa shape index (κ2) is 14.5. The standard InChI is InChI=1S/C19H25F2N3O.C2H6.CH5NO/c1-5-25-19-11-13(2)15(12-23(19)3)18(24(4)22)10-9-14-16(20)7-6-8-17(14)21;1-2;2-1-3/h6-8,10-11H,5,9,12,22H2,1-4H3;1-2H3;3H,1-2H2/b18-10-;;. The molecule has 0 unspecified atom stereocenters. The number of rotatable bonds is 6. The van der Waals surface area contributed by atoms with E-state index in [0.717, 1.165) is 22.7 Å². The van der Waals surface area contributed by atoms with Gasteiger partial charge < -0.3 is 25.5 Å². The first kappa shape index (κ1) is 27.6. The van der Waals surface area contributed by atoms with Gasteiger partial charge in [0.05, 0.1) is 19.0 Å². The number of aliphatic hydroxyl groups is 1. The zero-order chi connectivity index (χ0) is 23.3. The highest BCUT2D eigenvalue weighted by atomic mass is 19.1. The van der Waals surface area contributed by atoms with Crippen LogP contribution in [0.25, 0.3) is 0 Å². The fourth-order valence-electron chi connectivity index (χ4n) is 2.81. The van der Waals surface area contributed by atoms with Gasteiger partial charge in [0.15, 0.2) is 5.88 Å². The first-order chi connectivity index (χ1) is 14.3. The summed E-state index contributed by atoms with van der Waals surface area (Å²) in [5, 5.41) is 8.82. The average Bonchev–Trinajstić information content (AvgIpc) is 2.69. The molecule has 1 aromatic rings. The SMILES string of the molecule is CC.CCOC1=CC(C)=C(/C(=C/Cc2c(F)cccc2F)N(C)N)CN1C.NCO. The monoisotopic (exact) mass is 426 g/mol. The number of halogens is 2. The highest BCUT2D eigenvalue weighted by Gasteiger charge is 2.20. The number of hydrogen-bond donors (Lipinski definition) is 3. The van der Waals surface area contributed by atoms with Crippen LogP contribution in [-0.2, 0) is 11.2 Å². The molecule has 1 aromatic carbocycles. The van der Waals surface area contributed by atoms with Gasteiger partial charge in [-0.15, -0.1) is 0 Å². The minimum atomic E-state index is -0.555. The molecule has 1 heterocycles. The molecule has 0 radical (unpaired) electrons. The highest BCUT2D eigenvalue weighted by Crippen LogP contribution is 2.26. The lowest BCUT2D eigenvalue weighted by molar-refractivity contribution is 0.139. The Balaban J connectivity index is 0.00000154. The van der Waals surface area contributed by atoms with Crippen LogP contribution in [0.2, 0.25) is 0 Å². The molecular formula is C22H36F2N4O2. The molecule has 0 amide bonds. The maximum Gasteiger partial charge on any atom is 0.189 e. The normalized spacial score (nSPS) is 13.6. The molecule has 0 aliphatic carbocycles. The predicted octanol–water partition coefficient (Wildman–Crippen LogP) is 3.26. The summed E-state index contributed by atoms with van der Waals surface area (Å²) in [7, 11) is 3.64. The van der Waals surface area contributed by atoms with Crippen LogP contribution in [0.4, 0.5) is 8.78 Å². The Bertz CT molecular complexity index is 726. The number of ether oxygens (including phenoxy) is 1. The van der Waals surface area contributed by atoms with E-state index in [1.165, 1.54) is 23.2 Å². The number of hydrogen-bond acceptors (Lipinski definition) is 6. The lowest BCUT2D eigenvalue weighted by atomic mass is 10.00. The van der Waals surface area contributed by atoms with Gasteiger partial charge in [-0.25, -0.2) is 14.6 Å². The topological polar surface area (TPSA) is 88.0 Å². The maximum atomic E-state index is 13.9.